The molecule has 6 heteroatoms. The molecule has 0 heterocycles. The number of benzene rings is 2. The maximum atomic E-state index is 5.72. The summed E-state index contributed by atoms with van der Waals surface area (Å²) >= 11 is 0. The third kappa shape index (κ3) is 13.8. The number of ether oxygens (including phenoxy) is 4. The van der Waals surface area contributed by atoms with Crippen molar-refractivity contribution in [1.29, 1.82) is 0 Å². The van der Waals surface area contributed by atoms with E-state index in [4.69, 9.17) is 18.9 Å². The Hall–Kier alpha value is -2.44. The number of hydrogen-bond acceptors (Lipinski definition) is 6. The summed E-state index contributed by atoms with van der Waals surface area (Å²) in [5.41, 5.74) is -0.321. The van der Waals surface area contributed by atoms with E-state index in [1.54, 1.807) is 0 Å². The van der Waals surface area contributed by atoms with Crippen LogP contribution < -0.4 is 24.3 Å². The van der Waals surface area contributed by atoms with Crippen LogP contribution in [0.3, 0.4) is 0 Å². The molecule has 6 nitrogen and oxygen atoms in total. The summed E-state index contributed by atoms with van der Waals surface area (Å²) in [5.74, 6) is 3.44. The maximum absolute atomic E-state index is 5.72. The highest BCUT2D eigenvalue weighted by atomic mass is 16.5. The first-order valence-corrected chi connectivity index (χ1v) is 11.1. The predicted octanol–water partition coefficient (Wildman–Crippen LogP) is 5.57. The van der Waals surface area contributed by atoms with Crippen molar-refractivity contribution in [3.05, 3.63) is 48.5 Å². The van der Waals surface area contributed by atoms with Gasteiger partial charge < -0.3 is 18.9 Å². The number of nitrogens with one attached hydrogen (secondary N) is 1. The van der Waals surface area contributed by atoms with Gasteiger partial charge in [-0.2, -0.15) is 0 Å². The van der Waals surface area contributed by atoms with Crippen molar-refractivity contribution in [2.24, 2.45) is 0 Å². The maximum Gasteiger partial charge on any atom is 0.141 e. The lowest BCUT2D eigenvalue weighted by molar-refractivity contribution is 0.130. The molecule has 0 spiro atoms. The highest BCUT2D eigenvalue weighted by Gasteiger charge is 2.12. The second-order valence-electron chi connectivity index (χ2n) is 9.62. The SMILES string of the molecule is CCNCOc1ccc(OC(C)(C)C)cc1.CN(C)COc1ccc(OC(C)(C)C)cc1. The molecule has 0 bridgehead atoms. The van der Waals surface area contributed by atoms with Crippen LogP contribution in [-0.2, 0) is 0 Å². The largest absolute Gasteiger partial charge is 0.488 e. The van der Waals surface area contributed by atoms with Gasteiger partial charge in [0, 0.05) is 0 Å². The molecule has 2 rings (SSSR count). The summed E-state index contributed by atoms with van der Waals surface area (Å²) in [6.07, 6.45) is 0. The van der Waals surface area contributed by atoms with Crippen molar-refractivity contribution < 1.29 is 18.9 Å². The average molecular weight is 447 g/mol. The van der Waals surface area contributed by atoms with Crippen LogP contribution in [0, 0.1) is 0 Å². The van der Waals surface area contributed by atoms with E-state index in [9.17, 15) is 0 Å². The van der Waals surface area contributed by atoms with Gasteiger partial charge in [0.1, 0.15) is 47.7 Å². The minimum Gasteiger partial charge on any atom is -0.488 e. The van der Waals surface area contributed by atoms with Crippen molar-refractivity contribution in [3.8, 4) is 23.0 Å². The second kappa shape index (κ2) is 13.2. The smallest absolute Gasteiger partial charge is 0.141 e. The molecule has 2 aromatic rings. The first-order valence-electron chi connectivity index (χ1n) is 11.1. The van der Waals surface area contributed by atoms with Gasteiger partial charge in [0.15, 0.2) is 0 Å². The molecule has 0 aromatic heterocycles. The fourth-order valence-electron chi connectivity index (χ4n) is 2.35. The Bertz CT molecular complexity index is 745. The normalized spacial score (nSPS) is 11.4. The van der Waals surface area contributed by atoms with E-state index < -0.39 is 0 Å². The van der Waals surface area contributed by atoms with Crippen molar-refractivity contribution >= 4 is 0 Å². The number of rotatable bonds is 9. The lowest BCUT2D eigenvalue weighted by Gasteiger charge is -2.21. The first kappa shape index (κ1) is 27.6. The Labute approximate surface area is 194 Å². The predicted molar refractivity (Wildman–Crippen MR) is 132 cm³/mol. The molecule has 1 N–H and O–H groups in total. The van der Waals surface area contributed by atoms with Crippen molar-refractivity contribution in [3.63, 3.8) is 0 Å². The molecule has 0 saturated carbocycles. The fraction of sp³-hybridized carbons (Fsp3) is 0.538. The Kier molecular flexibility index (Phi) is 11.4. The first-order chi connectivity index (χ1) is 14.9. The molecule has 2 aromatic carbocycles. The highest BCUT2D eigenvalue weighted by Crippen LogP contribution is 2.22. The molecule has 0 aliphatic rings. The van der Waals surface area contributed by atoms with Crippen LogP contribution >= 0.6 is 0 Å². The lowest BCUT2D eigenvalue weighted by Crippen LogP contribution is -2.23. The van der Waals surface area contributed by atoms with Crippen LogP contribution in [-0.4, -0.2) is 50.2 Å². The standard InChI is InChI=1S/2C13H21NO2/c1-13(2,3)16-12-8-6-11(7-9-12)15-10-14(4)5;1-5-14-10-15-11-6-8-12(9-7-11)16-13(2,3)4/h6-9H,10H2,1-5H3;6-9,14H,5,10H2,1-4H3. The number of hydrogen-bond donors (Lipinski definition) is 1. The zero-order valence-electron chi connectivity index (χ0n) is 21.3. The van der Waals surface area contributed by atoms with Gasteiger partial charge >= 0.3 is 0 Å². The van der Waals surface area contributed by atoms with Crippen molar-refractivity contribution in [1.82, 2.24) is 10.2 Å². The van der Waals surface area contributed by atoms with Crippen LogP contribution in [0.5, 0.6) is 23.0 Å². The third-order valence-electron chi connectivity index (χ3n) is 3.58. The minimum atomic E-state index is -0.161. The summed E-state index contributed by atoms with van der Waals surface area (Å²) in [6.45, 7) is 16.3. The van der Waals surface area contributed by atoms with Gasteiger partial charge in [-0.3, -0.25) is 10.2 Å². The van der Waals surface area contributed by atoms with Crippen LogP contribution in [0.25, 0.3) is 0 Å². The third-order valence-corrected chi connectivity index (χ3v) is 3.58. The monoisotopic (exact) mass is 446 g/mol. The molecule has 32 heavy (non-hydrogen) atoms. The van der Waals surface area contributed by atoms with E-state index in [2.05, 4.69) is 5.32 Å². The summed E-state index contributed by atoms with van der Waals surface area (Å²) in [6, 6.07) is 15.4. The van der Waals surface area contributed by atoms with E-state index in [1.807, 2.05) is 116 Å². The molecule has 0 fully saturated rings. The van der Waals surface area contributed by atoms with Gasteiger partial charge in [0.25, 0.3) is 0 Å². The molecular formula is C26H42N2O4. The van der Waals surface area contributed by atoms with Crippen LogP contribution in [0.2, 0.25) is 0 Å². The quantitative estimate of drug-likeness (QED) is 0.401. The second-order valence-corrected chi connectivity index (χ2v) is 9.62. The van der Waals surface area contributed by atoms with Crippen LogP contribution in [0.1, 0.15) is 48.5 Å². The van der Waals surface area contributed by atoms with E-state index in [1.165, 1.54) is 0 Å². The van der Waals surface area contributed by atoms with Crippen LogP contribution in [0.15, 0.2) is 48.5 Å². The Morgan fingerprint density at radius 2 is 1.03 bits per heavy atom. The number of nitrogens with zero attached hydrogens (tertiary/aromatic N) is 1. The molecule has 0 amide bonds. The van der Waals surface area contributed by atoms with Crippen molar-refractivity contribution in [2.75, 3.05) is 34.1 Å². The fourth-order valence-corrected chi connectivity index (χ4v) is 2.35. The summed E-state index contributed by atoms with van der Waals surface area (Å²) in [7, 11) is 3.94. The Morgan fingerprint density at radius 1 is 0.656 bits per heavy atom. The topological polar surface area (TPSA) is 52.2 Å². The molecular weight excluding hydrogens is 404 g/mol. The van der Waals surface area contributed by atoms with Crippen molar-refractivity contribution in [2.45, 2.75) is 59.7 Å². The molecule has 0 aliphatic heterocycles. The molecule has 0 atom stereocenters. The van der Waals surface area contributed by atoms with E-state index >= 15 is 0 Å². The summed E-state index contributed by atoms with van der Waals surface area (Å²) in [5, 5.41) is 3.10. The van der Waals surface area contributed by atoms with E-state index in [0.29, 0.717) is 13.5 Å². The zero-order valence-corrected chi connectivity index (χ0v) is 21.3. The minimum absolute atomic E-state index is 0.161. The average Bonchev–Trinajstić information content (AvgIpc) is 2.67. The molecule has 0 radical (unpaired) electrons. The van der Waals surface area contributed by atoms with Gasteiger partial charge in [-0.05, 0) is 111 Å². The van der Waals surface area contributed by atoms with E-state index in [0.717, 1.165) is 29.5 Å². The Morgan fingerprint density at radius 3 is 1.38 bits per heavy atom. The van der Waals surface area contributed by atoms with Gasteiger partial charge in [-0.15, -0.1) is 0 Å². The summed E-state index contributed by atoms with van der Waals surface area (Å²) < 4.78 is 22.4. The molecule has 180 valence electrons. The Balaban J connectivity index is 0.000000320. The van der Waals surface area contributed by atoms with Gasteiger partial charge in [0.05, 0.1) is 0 Å². The highest BCUT2D eigenvalue weighted by molar-refractivity contribution is 5.32. The molecule has 0 aliphatic carbocycles. The van der Waals surface area contributed by atoms with Gasteiger partial charge in [-0.1, -0.05) is 6.92 Å². The molecule has 0 unspecified atom stereocenters. The zero-order chi connectivity index (χ0) is 24.2. The van der Waals surface area contributed by atoms with Gasteiger partial charge in [-0.25, -0.2) is 0 Å². The van der Waals surface area contributed by atoms with Crippen LogP contribution in [0.4, 0.5) is 0 Å². The summed E-state index contributed by atoms with van der Waals surface area (Å²) in [4.78, 5) is 1.97. The molecule has 0 saturated heterocycles. The van der Waals surface area contributed by atoms with Gasteiger partial charge in [0.2, 0.25) is 0 Å². The lowest BCUT2D eigenvalue weighted by atomic mass is 10.2. The van der Waals surface area contributed by atoms with E-state index in [-0.39, 0.29) is 11.2 Å².